The lowest BCUT2D eigenvalue weighted by Gasteiger charge is -2.18. The minimum absolute atomic E-state index is 0.0921. The summed E-state index contributed by atoms with van der Waals surface area (Å²) in [5.41, 5.74) is 0.0357. The molecule has 0 unspecified atom stereocenters. The lowest BCUT2D eigenvalue weighted by molar-refractivity contribution is -0.139. The van der Waals surface area contributed by atoms with E-state index < -0.39 is 11.7 Å². The van der Waals surface area contributed by atoms with Crippen LogP contribution in [0.4, 0.5) is 9.93 Å². The summed E-state index contributed by atoms with van der Waals surface area (Å²) in [6.45, 7) is 7.17. The quantitative estimate of drug-likeness (QED) is 0.864. The van der Waals surface area contributed by atoms with Crippen LogP contribution in [0.5, 0.6) is 0 Å². The second kappa shape index (κ2) is 6.01. The molecule has 0 radical (unpaired) electrons. The third kappa shape index (κ3) is 5.25. The zero-order chi connectivity index (χ0) is 14.6. The van der Waals surface area contributed by atoms with Crippen molar-refractivity contribution in [2.45, 2.75) is 39.7 Å². The van der Waals surface area contributed by atoms with Crippen LogP contribution in [0.2, 0.25) is 0 Å². The summed E-state index contributed by atoms with van der Waals surface area (Å²) >= 11 is 1.29. The van der Waals surface area contributed by atoms with E-state index in [-0.39, 0.29) is 12.4 Å². The number of carbonyl (C=O) groups excluding carboxylic acids is 2. The van der Waals surface area contributed by atoms with Gasteiger partial charge >= 0.3 is 12.1 Å². The Morgan fingerprint density at radius 2 is 2.00 bits per heavy atom. The summed E-state index contributed by atoms with van der Waals surface area (Å²) < 4.78 is 9.70. The molecule has 0 saturated heterocycles. The van der Waals surface area contributed by atoms with E-state index in [0.717, 1.165) is 4.88 Å². The van der Waals surface area contributed by atoms with Crippen molar-refractivity contribution in [2.75, 3.05) is 12.4 Å². The first kappa shape index (κ1) is 15.4. The molecule has 0 aromatic carbocycles. The second-order valence-corrected chi connectivity index (χ2v) is 6.10. The average molecular weight is 286 g/mol. The number of hydrogen-bond donors (Lipinski definition) is 1. The van der Waals surface area contributed by atoms with Gasteiger partial charge in [0.1, 0.15) is 5.60 Å². The number of aromatic nitrogens is 1. The Balaban J connectivity index is 2.68. The molecule has 1 aromatic rings. The van der Waals surface area contributed by atoms with E-state index in [9.17, 15) is 9.59 Å². The van der Waals surface area contributed by atoms with Crippen molar-refractivity contribution in [2.24, 2.45) is 0 Å². The van der Waals surface area contributed by atoms with E-state index >= 15 is 0 Å². The number of aryl methyl sites for hydroxylation is 1. The van der Waals surface area contributed by atoms with Crippen molar-refractivity contribution in [3.63, 3.8) is 0 Å². The van der Waals surface area contributed by atoms with Gasteiger partial charge in [0.05, 0.1) is 19.2 Å². The van der Waals surface area contributed by atoms with Crippen LogP contribution < -0.4 is 5.32 Å². The van der Waals surface area contributed by atoms with E-state index in [1.54, 1.807) is 20.8 Å². The molecule has 0 aliphatic rings. The molecule has 0 bridgehead atoms. The van der Waals surface area contributed by atoms with Crippen molar-refractivity contribution in [3.05, 3.63) is 10.6 Å². The Kier molecular flexibility index (Phi) is 4.88. The fourth-order valence-electron chi connectivity index (χ4n) is 1.25. The highest BCUT2D eigenvalue weighted by Gasteiger charge is 2.18. The molecule has 1 aromatic heterocycles. The van der Waals surface area contributed by atoms with Gasteiger partial charge in [0.15, 0.2) is 5.13 Å². The summed E-state index contributed by atoms with van der Waals surface area (Å²) in [6.07, 6.45) is -0.472. The number of rotatable bonds is 3. The molecule has 1 heterocycles. The van der Waals surface area contributed by atoms with Crippen LogP contribution in [0.15, 0.2) is 0 Å². The van der Waals surface area contributed by atoms with E-state index in [0.29, 0.717) is 10.8 Å². The third-order valence-electron chi connectivity index (χ3n) is 2.04. The SMILES string of the molecule is COC(=O)Cc1nc(NC(=O)OC(C)(C)C)sc1C. The highest BCUT2D eigenvalue weighted by atomic mass is 32.1. The minimum atomic E-state index is -0.564. The predicted octanol–water partition coefficient (Wildman–Crippen LogP) is 2.51. The Morgan fingerprint density at radius 3 is 2.53 bits per heavy atom. The number of methoxy groups -OCH3 is 1. The average Bonchev–Trinajstić information content (AvgIpc) is 2.55. The smallest absolute Gasteiger partial charge is 0.413 e. The predicted molar refractivity (Wildman–Crippen MR) is 72.4 cm³/mol. The van der Waals surface area contributed by atoms with Crippen molar-refractivity contribution < 1.29 is 19.1 Å². The zero-order valence-corrected chi connectivity index (χ0v) is 12.5. The summed E-state index contributed by atoms with van der Waals surface area (Å²) in [7, 11) is 1.32. The molecule has 19 heavy (non-hydrogen) atoms. The number of thiazole rings is 1. The Bertz CT molecular complexity index is 477. The first-order valence-corrected chi connectivity index (χ1v) is 6.56. The maximum absolute atomic E-state index is 11.6. The molecule has 7 heteroatoms. The molecule has 1 N–H and O–H groups in total. The second-order valence-electron chi connectivity index (χ2n) is 4.90. The highest BCUT2D eigenvalue weighted by molar-refractivity contribution is 7.15. The molecule has 0 aliphatic heterocycles. The van der Waals surface area contributed by atoms with Gasteiger partial charge in [-0.3, -0.25) is 10.1 Å². The number of amides is 1. The van der Waals surface area contributed by atoms with Crippen molar-refractivity contribution >= 4 is 28.5 Å². The van der Waals surface area contributed by atoms with Crippen molar-refractivity contribution in [1.82, 2.24) is 4.98 Å². The third-order valence-corrected chi connectivity index (χ3v) is 2.97. The largest absolute Gasteiger partial charge is 0.469 e. The molecule has 0 saturated carbocycles. The van der Waals surface area contributed by atoms with Crippen LogP contribution in [0, 0.1) is 6.92 Å². The van der Waals surface area contributed by atoms with Crippen LogP contribution in [-0.2, 0) is 20.7 Å². The van der Waals surface area contributed by atoms with Gasteiger partial charge in [-0.05, 0) is 27.7 Å². The monoisotopic (exact) mass is 286 g/mol. The van der Waals surface area contributed by atoms with Gasteiger partial charge in [0, 0.05) is 4.88 Å². The van der Waals surface area contributed by atoms with Crippen LogP contribution in [-0.4, -0.2) is 29.8 Å². The molecular formula is C12H18N2O4S. The van der Waals surface area contributed by atoms with Gasteiger partial charge in [-0.2, -0.15) is 0 Å². The number of nitrogens with zero attached hydrogens (tertiary/aromatic N) is 1. The Morgan fingerprint density at radius 1 is 1.37 bits per heavy atom. The highest BCUT2D eigenvalue weighted by Crippen LogP contribution is 2.23. The molecule has 1 rings (SSSR count). The van der Waals surface area contributed by atoms with Crippen LogP contribution >= 0.6 is 11.3 Å². The van der Waals surface area contributed by atoms with Crippen molar-refractivity contribution in [1.29, 1.82) is 0 Å². The van der Waals surface area contributed by atoms with Gasteiger partial charge in [-0.15, -0.1) is 11.3 Å². The molecule has 0 spiro atoms. The van der Waals surface area contributed by atoms with E-state index in [1.807, 2.05) is 6.92 Å². The molecule has 6 nitrogen and oxygen atoms in total. The number of carbonyl (C=O) groups is 2. The van der Waals surface area contributed by atoms with Crippen molar-refractivity contribution in [3.8, 4) is 0 Å². The number of anilines is 1. The maximum Gasteiger partial charge on any atom is 0.413 e. The normalized spacial score (nSPS) is 11.0. The van der Waals surface area contributed by atoms with Crippen LogP contribution in [0.25, 0.3) is 0 Å². The molecular weight excluding hydrogens is 268 g/mol. The van der Waals surface area contributed by atoms with Gasteiger partial charge in [-0.25, -0.2) is 9.78 Å². The molecule has 1 amide bonds. The van der Waals surface area contributed by atoms with Gasteiger partial charge in [0.25, 0.3) is 0 Å². The summed E-state index contributed by atoms with van der Waals surface area (Å²) in [6, 6.07) is 0. The van der Waals surface area contributed by atoms with Crippen LogP contribution in [0.1, 0.15) is 31.3 Å². The number of nitrogens with one attached hydrogen (secondary N) is 1. The molecule has 0 atom stereocenters. The number of esters is 1. The fraction of sp³-hybridized carbons (Fsp3) is 0.583. The van der Waals surface area contributed by atoms with Gasteiger partial charge in [-0.1, -0.05) is 0 Å². The number of hydrogen-bond acceptors (Lipinski definition) is 6. The topological polar surface area (TPSA) is 77.5 Å². The minimum Gasteiger partial charge on any atom is -0.469 e. The van der Waals surface area contributed by atoms with Gasteiger partial charge in [0.2, 0.25) is 0 Å². The Labute approximate surface area is 116 Å². The fourth-order valence-corrected chi connectivity index (χ4v) is 2.06. The lowest BCUT2D eigenvalue weighted by atomic mass is 10.2. The molecule has 0 aliphatic carbocycles. The maximum atomic E-state index is 11.6. The van der Waals surface area contributed by atoms with E-state index in [4.69, 9.17) is 4.74 Å². The Hall–Kier alpha value is -1.63. The first-order chi connectivity index (χ1) is 8.71. The number of ether oxygens (including phenoxy) is 2. The standard InChI is InChI=1S/C12H18N2O4S/c1-7-8(6-9(15)17-5)13-10(19-7)14-11(16)18-12(2,3)4/h6H2,1-5H3,(H,13,14,16). The zero-order valence-electron chi connectivity index (χ0n) is 11.7. The lowest BCUT2D eigenvalue weighted by Crippen LogP contribution is -2.27. The summed E-state index contributed by atoms with van der Waals surface area (Å²) in [5.74, 6) is -0.364. The summed E-state index contributed by atoms with van der Waals surface area (Å²) in [5, 5.41) is 2.95. The van der Waals surface area contributed by atoms with Gasteiger partial charge < -0.3 is 9.47 Å². The molecule has 0 fully saturated rings. The molecule has 106 valence electrons. The van der Waals surface area contributed by atoms with Crippen LogP contribution in [0.3, 0.4) is 0 Å². The van der Waals surface area contributed by atoms with E-state index in [2.05, 4.69) is 15.0 Å². The first-order valence-electron chi connectivity index (χ1n) is 5.74. The van der Waals surface area contributed by atoms with E-state index in [1.165, 1.54) is 18.4 Å². The summed E-state index contributed by atoms with van der Waals surface area (Å²) in [4.78, 5) is 27.8.